The summed E-state index contributed by atoms with van der Waals surface area (Å²) in [7, 11) is 0. The van der Waals surface area contributed by atoms with Crippen LogP contribution >= 0.6 is 0 Å². The second kappa shape index (κ2) is 9.35. The zero-order valence-corrected chi connectivity index (χ0v) is 24.6. The van der Waals surface area contributed by atoms with Gasteiger partial charge in [-0.3, -0.25) is 0 Å². The van der Waals surface area contributed by atoms with Crippen molar-refractivity contribution >= 4 is 60.7 Å². The summed E-state index contributed by atoms with van der Waals surface area (Å²) in [5.41, 5.74) is 13.0. The molecule has 0 bridgehead atoms. The van der Waals surface area contributed by atoms with Crippen LogP contribution < -0.4 is 0 Å². The summed E-state index contributed by atoms with van der Waals surface area (Å²) >= 11 is 0. The van der Waals surface area contributed by atoms with Crippen LogP contribution in [-0.4, -0.2) is 9.13 Å². The first-order valence-electron chi connectivity index (χ1n) is 15.7. The zero-order valence-electron chi connectivity index (χ0n) is 24.6. The van der Waals surface area contributed by atoms with Crippen molar-refractivity contribution in [3.63, 3.8) is 0 Å². The van der Waals surface area contributed by atoms with Crippen molar-refractivity contribution in [1.29, 1.82) is 0 Å². The summed E-state index contributed by atoms with van der Waals surface area (Å²) in [6.45, 7) is 0. The van der Waals surface area contributed by atoms with Crippen LogP contribution in [0.4, 0.5) is 0 Å². The number of para-hydroxylation sites is 2. The Kier molecular flexibility index (Phi) is 5.11. The molecule has 45 heavy (non-hydrogen) atoms. The van der Waals surface area contributed by atoms with Gasteiger partial charge in [0.1, 0.15) is 11.2 Å². The minimum atomic E-state index is 0.923. The zero-order chi connectivity index (χ0) is 29.5. The van der Waals surface area contributed by atoms with Gasteiger partial charge in [-0.1, -0.05) is 91.0 Å². The van der Waals surface area contributed by atoms with Gasteiger partial charge in [-0.05, 0) is 72.5 Å². The molecule has 1 aliphatic rings. The Morgan fingerprint density at radius 2 is 1.22 bits per heavy atom. The fourth-order valence-corrected chi connectivity index (χ4v) is 7.65. The smallest absolute Gasteiger partial charge is 0.137 e. The minimum absolute atomic E-state index is 0.923. The lowest BCUT2D eigenvalue weighted by atomic mass is 9.99. The molecule has 0 unspecified atom stereocenters. The maximum absolute atomic E-state index is 6.34. The highest BCUT2D eigenvalue weighted by atomic mass is 16.3. The van der Waals surface area contributed by atoms with Crippen molar-refractivity contribution in [3.05, 3.63) is 151 Å². The summed E-state index contributed by atoms with van der Waals surface area (Å²) in [5.74, 6) is 0. The van der Waals surface area contributed by atoms with Crippen molar-refractivity contribution in [1.82, 2.24) is 9.13 Å². The number of aromatic nitrogens is 2. The Labute approximate surface area is 259 Å². The monoisotopic (exact) mass is 576 g/mol. The topological polar surface area (TPSA) is 23.0 Å². The molecule has 10 rings (SSSR count). The summed E-state index contributed by atoms with van der Waals surface area (Å²) in [5, 5.41) is 6.21. The van der Waals surface area contributed by atoms with E-state index in [0.717, 1.165) is 40.5 Å². The SMILES string of the molecule is C1=Cc2c(n(-c3ccc4c(c3)oc3ccccc34)c3ccc4c(c5ccccc5n4-c4cccc(-c5ccccc5)c4)c23)CC1. The Hall–Kier alpha value is -5.80. The van der Waals surface area contributed by atoms with Gasteiger partial charge in [0, 0.05) is 55.6 Å². The van der Waals surface area contributed by atoms with Gasteiger partial charge in [-0.2, -0.15) is 0 Å². The molecule has 0 atom stereocenters. The van der Waals surface area contributed by atoms with Crippen LogP contribution in [0.3, 0.4) is 0 Å². The van der Waals surface area contributed by atoms with E-state index in [0.29, 0.717) is 0 Å². The van der Waals surface area contributed by atoms with Gasteiger partial charge in [0.15, 0.2) is 0 Å². The molecule has 0 N–H and O–H groups in total. The van der Waals surface area contributed by atoms with E-state index in [9.17, 15) is 0 Å². The third-order valence-corrected chi connectivity index (χ3v) is 9.57. The lowest BCUT2D eigenvalue weighted by Crippen LogP contribution is -2.02. The Balaban J connectivity index is 1.27. The summed E-state index contributed by atoms with van der Waals surface area (Å²) in [6.07, 6.45) is 6.71. The van der Waals surface area contributed by atoms with E-state index in [4.69, 9.17) is 4.42 Å². The molecule has 9 aromatic rings. The maximum atomic E-state index is 6.34. The average molecular weight is 577 g/mol. The third-order valence-electron chi connectivity index (χ3n) is 9.57. The fourth-order valence-electron chi connectivity index (χ4n) is 7.65. The molecule has 0 spiro atoms. The van der Waals surface area contributed by atoms with Crippen LogP contribution in [0.1, 0.15) is 17.7 Å². The average Bonchev–Trinajstić information content (AvgIpc) is 3.76. The standard InChI is InChI=1S/C42H28N2O/c1-2-11-27(12-3-1)28-13-10-14-29(25-28)43-35-18-7-4-16-33(35)41-37(43)23-24-38-42(41)34-17-5-8-19-36(34)44(38)30-21-22-32-31-15-6-9-20-39(31)45-40(32)26-30/h1-7,9-18,20-26H,8,19H2. The van der Waals surface area contributed by atoms with Crippen molar-refractivity contribution in [2.24, 2.45) is 0 Å². The number of allylic oxidation sites excluding steroid dienone is 1. The predicted octanol–water partition coefficient (Wildman–Crippen LogP) is 11.3. The number of nitrogens with zero attached hydrogens (tertiary/aromatic N) is 2. The van der Waals surface area contributed by atoms with Crippen molar-refractivity contribution in [3.8, 4) is 22.5 Å². The second-order valence-electron chi connectivity index (χ2n) is 12.0. The van der Waals surface area contributed by atoms with Gasteiger partial charge < -0.3 is 13.6 Å². The van der Waals surface area contributed by atoms with Crippen LogP contribution in [-0.2, 0) is 6.42 Å². The Morgan fingerprint density at radius 3 is 2.13 bits per heavy atom. The lowest BCUT2D eigenvalue weighted by molar-refractivity contribution is 0.668. The molecule has 0 aliphatic heterocycles. The molecule has 0 radical (unpaired) electrons. The van der Waals surface area contributed by atoms with E-state index in [1.807, 2.05) is 6.07 Å². The number of fused-ring (bicyclic) bond motifs is 10. The van der Waals surface area contributed by atoms with Crippen LogP contribution in [0.5, 0.6) is 0 Å². The normalized spacial score (nSPS) is 13.1. The molecule has 3 nitrogen and oxygen atoms in total. The summed E-state index contributed by atoms with van der Waals surface area (Å²) in [6, 6.07) is 48.0. The first kappa shape index (κ1) is 24.6. The second-order valence-corrected chi connectivity index (χ2v) is 12.0. The van der Waals surface area contributed by atoms with E-state index in [1.54, 1.807) is 0 Å². The Morgan fingerprint density at radius 1 is 0.489 bits per heavy atom. The van der Waals surface area contributed by atoms with E-state index >= 15 is 0 Å². The minimum Gasteiger partial charge on any atom is -0.456 e. The van der Waals surface area contributed by atoms with Crippen LogP contribution in [0, 0.1) is 0 Å². The number of hydrogen-bond acceptors (Lipinski definition) is 1. The Bertz CT molecular complexity index is 2650. The van der Waals surface area contributed by atoms with Gasteiger partial charge in [-0.25, -0.2) is 0 Å². The van der Waals surface area contributed by atoms with Crippen molar-refractivity contribution in [2.45, 2.75) is 12.8 Å². The number of rotatable bonds is 3. The van der Waals surface area contributed by atoms with E-state index < -0.39 is 0 Å². The first-order chi connectivity index (χ1) is 22.3. The highest BCUT2D eigenvalue weighted by Gasteiger charge is 2.24. The van der Waals surface area contributed by atoms with Crippen LogP contribution in [0.2, 0.25) is 0 Å². The number of furan rings is 1. The molecule has 0 amide bonds. The molecule has 212 valence electrons. The molecule has 3 heterocycles. The number of hydrogen-bond donors (Lipinski definition) is 0. The van der Waals surface area contributed by atoms with Crippen LogP contribution in [0.15, 0.2) is 144 Å². The molecule has 1 aliphatic carbocycles. The molecular formula is C42H28N2O. The van der Waals surface area contributed by atoms with Gasteiger partial charge in [0.25, 0.3) is 0 Å². The molecule has 0 saturated heterocycles. The highest BCUT2D eigenvalue weighted by Crippen LogP contribution is 2.43. The number of benzene rings is 6. The molecule has 3 heteroatoms. The molecule has 6 aromatic carbocycles. The largest absolute Gasteiger partial charge is 0.456 e. The molecule has 0 saturated carbocycles. The molecule has 3 aromatic heterocycles. The van der Waals surface area contributed by atoms with Crippen molar-refractivity contribution < 1.29 is 4.42 Å². The quantitative estimate of drug-likeness (QED) is 0.205. The third kappa shape index (κ3) is 3.52. The summed E-state index contributed by atoms with van der Waals surface area (Å²) < 4.78 is 11.3. The molecule has 0 fully saturated rings. The lowest BCUT2D eigenvalue weighted by Gasteiger charge is -2.13. The van der Waals surface area contributed by atoms with Crippen LogP contribution in [0.25, 0.3) is 83.2 Å². The highest BCUT2D eigenvalue weighted by molar-refractivity contribution is 6.23. The van der Waals surface area contributed by atoms with Gasteiger partial charge in [0.05, 0.1) is 16.6 Å². The maximum Gasteiger partial charge on any atom is 0.137 e. The van der Waals surface area contributed by atoms with Gasteiger partial charge in [-0.15, -0.1) is 0 Å². The molecular weight excluding hydrogens is 548 g/mol. The predicted molar refractivity (Wildman–Crippen MR) is 188 cm³/mol. The van der Waals surface area contributed by atoms with E-state index in [1.165, 1.54) is 60.8 Å². The summed E-state index contributed by atoms with van der Waals surface area (Å²) in [4.78, 5) is 0. The van der Waals surface area contributed by atoms with Gasteiger partial charge in [0.2, 0.25) is 0 Å². The first-order valence-corrected chi connectivity index (χ1v) is 15.7. The fraction of sp³-hybridized carbons (Fsp3) is 0.0476. The van der Waals surface area contributed by atoms with E-state index in [2.05, 4.69) is 149 Å². The van der Waals surface area contributed by atoms with Crippen molar-refractivity contribution in [2.75, 3.05) is 0 Å². The van der Waals surface area contributed by atoms with Gasteiger partial charge >= 0.3 is 0 Å². The van der Waals surface area contributed by atoms with E-state index in [-0.39, 0.29) is 0 Å².